The zero-order chi connectivity index (χ0) is 19.1. The lowest BCUT2D eigenvalue weighted by Gasteiger charge is -2.08. The first-order chi connectivity index (χ1) is 13.1. The third-order valence-electron chi connectivity index (χ3n) is 3.70. The highest BCUT2D eigenvalue weighted by atomic mass is 35.5. The Balaban J connectivity index is 1.64. The summed E-state index contributed by atoms with van der Waals surface area (Å²) in [4.78, 5) is 24.4. The van der Waals surface area contributed by atoms with Crippen molar-refractivity contribution in [2.24, 2.45) is 0 Å². The molecule has 3 rings (SSSR count). The topological polar surface area (TPSA) is 58.2 Å². The molecule has 27 heavy (non-hydrogen) atoms. The number of amides is 2. The van der Waals surface area contributed by atoms with Gasteiger partial charge in [0.1, 0.15) is 0 Å². The number of benzene rings is 3. The molecule has 0 unspecified atom stereocenters. The summed E-state index contributed by atoms with van der Waals surface area (Å²) >= 11 is 5.91. The van der Waals surface area contributed by atoms with E-state index in [0.29, 0.717) is 22.0 Å². The lowest BCUT2D eigenvalue weighted by atomic mass is 10.2. The minimum atomic E-state index is -0.273. The summed E-state index contributed by atoms with van der Waals surface area (Å²) in [5, 5.41) is 6.06. The molecular weight excluding hydrogens is 360 g/mol. The number of rotatable bonds is 5. The van der Waals surface area contributed by atoms with Crippen molar-refractivity contribution in [2.45, 2.75) is 0 Å². The summed E-state index contributed by atoms with van der Waals surface area (Å²) < 4.78 is 0. The van der Waals surface area contributed by atoms with Gasteiger partial charge in [0.15, 0.2) is 0 Å². The minimum Gasteiger partial charge on any atom is -0.322 e. The molecule has 0 fully saturated rings. The summed E-state index contributed by atoms with van der Waals surface area (Å²) in [5.41, 5.74) is 2.56. The predicted molar refractivity (Wildman–Crippen MR) is 110 cm³/mol. The van der Waals surface area contributed by atoms with Gasteiger partial charge in [0.05, 0.1) is 0 Å². The Kier molecular flexibility index (Phi) is 6.02. The Morgan fingerprint density at radius 3 is 2.22 bits per heavy atom. The Labute approximate surface area is 162 Å². The third kappa shape index (κ3) is 5.56. The first-order valence-corrected chi connectivity index (χ1v) is 8.69. The van der Waals surface area contributed by atoms with Crippen LogP contribution in [-0.4, -0.2) is 11.8 Å². The van der Waals surface area contributed by atoms with E-state index < -0.39 is 0 Å². The lowest BCUT2D eigenvalue weighted by molar-refractivity contribution is -0.111. The lowest BCUT2D eigenvalue weighted by Crippen LogP contribution is -2.12. The fourth-order valence-corrected chi connectivity index (χ4v) is 2.62. The van der Waals surface area contributed by atoms with Gasteiger partial charge in [0.2, 0.25) is 5.91 Å². The average Bonchev–Trinajstić information content (AvgIpc) is 2.67. The van der Waals surface area contributed by atoms with Crippen molar-refractivity contribution in [2.75, 3.05) is 10.6 Å². The highest BCUT2D eigenvalue weighted by Gasteiger charge is 2.07. The van der Waals surface area contributed by atoms with Gasteiger partial charge < -0.3 is 10.6 Å². The zero-order valence-electron chi connectivity index (χ0n) is 14.4. The van der Waals surface area contributed by atoms with Crippen LogP contribution < -0.4 is 10.6 Å². The van der Waals surface area contributed by atoms with Crippen LogP contribution >= 0.6 is 11.6 Å². The molecule has 0 aromatic heterocycles. The van der Waals surface area contributed by atoms with Crippen molar-refractivity contribution < 1.29 is 9.59 Å². The van der Waals surface area contributed by atoms with Crippen LogP contribution in [0.15, 0.2) is 84.9 Å². The molecule has 0 atom stereocenters. The summed E-state index contributed by atoms with van der Waals surface area (Å²) in [7, 11) is 0. The molecule has 134 valence electrons. The van der Waals surface area contributed by atoms with E-state index in [1.165, 1.54) is 6.08 Å². The second-order valence-electron chi connectivity index (χ2n) is 5.78. The van der Waals surface area contributed by atoms with Crippen molar-refractivity contribution >= 4 is 40.9 Å². The van der Waals surface area contributed by atoms with Gasteiger partial charge in [-0.05, 0) is 48.0 Å². The molecule has 0 aliphatic heterocycles. The number of halogens is 1. The Morgan fingerprint density at radius 2 is 1.48 bits per heavy atom. The van der Waals surface area contributed by atoms with Crippen LogP contribution in [0.25, 0.3) is 6.08 Å². The second-order valence-corrected chi connectivity index (χ2v) is 6.21. The van der Waals surface area contributed by atoms with Crippen molar-refractivity contribution in [1.29, 1.82) is 0 Å². The van der Waals surface area contributed by atoms with Gasteiger partial charge in [0.25, 0.3) is 5.91 Å². The van der Waals surface area contributed by atoms with E-state index in [1.54, 1.807) is 54.6 Å². The summed E-state index contributed by atoms with van der Waals surface area (Å²) in [6.07, 6.45) is 3.20. The monoisotopic (exact) mass is 376 g/mol. The number of carbonyl (C=O) groups excluding carboxylic acids is 2. The fourth-order valence-electron chi connectivity index (χ4n) is 2.43. The third-order valence-corrected chi connectivity index (χ3v) is 3.94. The molecule has 0 saturated heterocycles. The quantitative estimate of drug-likeness (QED) is 0.598. The average molecular weight is 377 g/mol. The molecule has 0 spiro atoms. The predicted octanol–water partition coefficient (Wildman–Crippen LogP) is 5.24. The summed E-state index contributed by atoms with van der Waals surface area (Å²) in [5.74, 6) is -0.526. The Bertz CT molecular complexity index is 984. The van der Waals surface area contributed by atoms with Crippen LogP contribution in [-0.2, 0) is 4.79 Å². The van der Waals surface area contributed by atoms with Gasteiger partial charge >= 0.3 is 0 Å². The highest BCUT2D eigenvalue weighted by Crippen LogP contribution is 2.17. The molecule has 0 aliphatic carbocycles. The smallest absolute Gasteiger partial charge is 0.255 e. The Hall–Kier alpha value is -3.37. The van der Waals surface area contributed by atoms with Crippen LogP contribution in [0.1, 0.15) is 15.9 Å². The molecule has 5 heteroatoms. The van der Waals surface area contributed by atoms with E-state index >= 15 is 0 Å². The second kappa shape index (κ2) is 8.83. The largest absolute Gasteiger partial charge is 0.322 e. The highest BCUT2D eigenvalue weighted by molar-refractivity contribution is 6.31. The van der Waals surface area contributed by atoms with Gasteiger partial charge in [-0.1, -0.05) is 54.1 Å². The SMILES string of the molecule is O=C(C=Cc1ccccc1)Nc1cccc(NC(=O)c2cccc(Cl)c2)c1. The maximum absolute atomic E-state index is 12.3. The molecule has 0 radical (unpaired) electrons. The van der Waals surface area contributed by atoms with Crippen LogP contribution in [0.2, 0.25) is 5.02 Å². The van der Waals surface area contributed by atoms with Crippen molar-refractivity contribution in [3.8, 4) is 0 Å². The summed E-state index contributed by atoms with van der Waals surface area (Å²) in [6, 6.07) is 23.2. The minimum absolute atomic E-state index is 0.253. The van der Waals surface area contributed by atoms with Crippen LogP contribution in [0.5, 0.6) is 0 Å². The molecule has 2 N–H and O–H groups in total. The molecule has 0 heterocycles. The number of hydrogen-bond donors (Lipinski definition) is 2. The number of nitrogens with one attached hydrogen (secondary N) is 2. The maximum Gasteiger partial charge on any atom is 0.255 e. The molecule has 3 aromatic carbocycles. The van der Waals surface area contributed by atoms with E-state index in [2.05, 4.69) is 10.6 Å². The standard InChI is InChI=1S/C22H17ClN2O2/c23-18-9-4-8-17(14-18)22(27)25-20-11-5-10-19(15-20)24-21(26)13-12-16-6-2-1-3-7-16/h1-15H,(H,24,26)(H,25,27). The summed E-state index contributed by atoms with van der Waals surface area (Å²) in [6.45, 7) is 0. The molecule has 3 aromatic rings. The fraction of sp³-hybridized carbons (Fsp3) is 0. The van der Waals surface area contributed by atoms with Crippen molar-refractivity contribution in [3.63, 3.8) is 0 Å². The number of hydrogen-bond acceptors (Lipinski definition) is 2. The van der Waals surface area contributed by atoms with Gasteiger partial charge in [-0.15, -0.1) is 0 Å². The maximum atomic E-state index is 12.3. The van der Waals surface area contributed by atoms with Crippen molar-refractivity contribution in [1.82, 2.24) is 0 Å². The van der Waals surface area contributed by atoms with E-state index in [1.807, 2.05) is 30.3 Å². The van der Waals surface area contributed by atoms with E-state index in [-0.39, 0.29) is 11.8 Å². The van der Waals surface area contributed by atoms with E-state index in [0.717, 1.165) is 5.56 Å². The van der Waals surface area contributed by atoms with Gasteiger partial charge in [-0.25, -0.2) is 0 Å². The Morgan fingerprint density at radius 1 is 0.778 bits per heavy atom. The van der Waals surface area contributed by atoms with Gasteiger partial charge in [0, 0.05) is 28.0 Å². The molecule has 0 bridgehead atoms. The molecule has 0 aliphatic rings. The zero-order valence-corrected chi connectivity index (χ0v) is 15.1. The van der Waals surface area contributed by atoms with E-state index in [4.69, 9.17) is 11.6 Å². The first-order valence-electron chi connectivity index (χ1n) is 8.31. The van der Waals surface area contributed by atoms with Crippen LogP contribution in [0.4, 0.5) is 11.4 Å². The molecule has 2 amide bonds. The first kappa shape index (κ1) is 18.4. The van der Waals surface area contributed by atoms with Crippen LogP contribution in [0, 0.1) is 0 Å². The van der Waals surface area contributed by atoms with Crippen LogP contribution in [0.3, 0.4) is 0 Å². The van der Waals surface area contributed by atoms with Gasteiger partial charge in [-0.2, -0.15) is 0 Å². The number of anilines is 2. The van der Waals surface area contributed by atoms with Crippen molar-refractivity contribution in [3.05, 3.63) is 101 Å². The van der Waals surface area contributed by atoms with Gasteiger partial charge in [-0.3, -0.25) is 9.59 Å². The van der Waals surface area contributed by atoms with E-state index in [9.17, 15) is 9.59 Å². The molecule has 4 nitrogen and oxygen atoms in total. The normalized spacial score (nSPS) is 10.6. The molecule has 0 saturated carbocycles. The molecular formula is C22H17ClN2O2. The number of carbonyl (C=O) groups is 2.